The van der Waals surface area contributed by atoms with Crippen LogP contribution in [0.15, 0.2) is 41.8 Å². The maximum absolute atomic E-state index is 12.6. The van der Waals surface area contributed by atoms with Gasteiger partial charge in [0.25, 0.3) is 0 Å². The van der Waals surface area contributed by atoms with Crippen molar-refractivity contribution in [1.82, 2.24) is 24.0 Å². The lowest BCUT2D eigenvalue weighted by Gasteiger charge is -2.34. The lowest BCUT2D eigenvalue weighted by molar-refractivity contribution is -0.129. The molecule has 0 bridgehead atoms. The summed E-state index contributed by atoms with van der Waals surface area (Å²) in [5.74, 6) is 0.244. The highest BCUT2D eigenvalue weighted by molar-refractivity contribution is 7.99. The molecule has 8 nitrogen and oxygen atoms in total. The summed E-state index contributed by atoms with van der Waals surface area (Å²) < 4.78 is 28.6. The van der Waals surface area contributed by atoms with Crippen LogP contribution in [0, 0.1) is 0 Å². The topological polar surface area (TPSA) is 88.4 Å². The molecule has 1 aliphatic rings. The summed E-state index contributed by atoms with van der Waals surface area (Å²) in [6.45, 7) is 5.53. The van der Waals surface area contributed by atoms with Gasteiger partial charge in [-0.3, -0.25) is 4.79 Å². The third-order valence-corrected chi connectivity index (χ3v) is 7.39. The minimum atomic E-state index is -3.38. The average Bonchev–Trinajstić information content (AvgIpc) is 3.16. The summed E-state index contributed by atoms with van der Waals surface area (Å²) in [4.78, 5) is 14.2. The van der Waals surface area contributed by atoms with E-state index in [2.05, 4.69) is 10.2 Å². The molecule has 152 valence electrons. The Bertz CT molecular complexity index is 891. The van der Waals surface area contributed by atoms with E-state index in [1.165, 1.54) is 16.1 Å². The second-order valence-electron chi connectivity index (χ2n) is 6.92. The maximum atomic E-state index is 12.6. The fourth-order valence-electron chi connectivity index (χ4n) is 3.00. The number of benzene rings is 1. The fourth-order valence-corrected chi connectivity index (χ4v) is 5.46. The van der Waals surface area contributed by atoms with Crippen LogP contribution in [0.2, 0.25) is 0 Å². The third kappa shape index (κ3) is 5.12. The quantitative estimate of drug-likeness (QED) is 0.629. The van der Waals surface area contributed by atoms with E-state index in [0.717, 1.165) is 5.56 Å². The number of nitrogens with zero attached hydrogens (tertiary/aromatic N) is 5. The molecule has 0 aliphatic carbocycles. The standard InChI is InChI=1S/C18H25N5O3S2/c1-15(2)23-14-19-20-18(23)27-12-17(24)21-8-10-22(11-9-21)28(25,26)13-16-6-4-3-5-7-16/h3-7,14-15H,8-13H2,1-2H3. The van der Waals surface area contributed by atoms with Crippen molar-refractivity contribution in [3.63, 3.8) is 0 Å². The van der Waals surface area contributed by atoms with E-state index in [-0.39, 0.29) is 23.5 Å². The molecule has 0 radical (unpaired) electrons. The average molecular weight is 424 g/mol. The van der Waals surface area contributed by atoms with Crippen molar-refractivity contribution in [3.05, 3.63) is 42.2 Å². The Morgan fingerprint density at radius 2 is 1.82 bits per heavy atom. The molecule has 10 heteroatoms. The SMILES string of the molecule is CC(C)n1cnnc1SCC(=O)N1CCN(S(=O)(=O)Cc2ccccc2)CC1. The van der Waals surface area contributed by atoms with E-state index in [1.807, 2.05) is 48.7 Å². The van der Waals surface area contributed by atoms with Crippen LogP contribution in [0.25, 0.3) is 0 Å². The van der Waals surface area contributed by atoms with Gasteiger partial charge in [-0.2, -0.15) is 4.31 Å². The predicted octanol–water partition coefficient (Wildman–Crippen LogP) is 1.63. The van der Waals surface area contributed by atoms with Crippen LogP contribution in [0.5, 0.6) is 0 Å². The normalized spacial score (nSPS) is 15.9. The van der Waals surface area contributed by atoms with E-state index in [9.17, 15) is 13.2 Å². The fraction of sp³-hybridized carbons (Fsp3) is 0.500. The van der Waals surface area contributed by atoms with Crippen molar-refractivity contribution in [2.24, 2.45) is 0 Å². The first kappa shape index (κ1) is 20.8. The molecule has 2 heterocycles. The van der Waals surface area contributed by atoms with Gasteiger partial charge in [0.1, 0.15) is 6.33 Å². The molecule has 1 aromatic heterocycles. The molecule has 0 N–H and O–H groups in total. The summed E-state index contributed by atoms with van der Waals surface area (Å²) in [5.41, 5.74) is 0.770. The number of rotatable bonds is 7. The van der Waals surface area contributed by atoms with Crippen molar-refractivity contribution in [2.75, 3.05) is 31.9 Å². The smallest absolute Gasteiger partial charge is 0.233 e. The van der Waals surface area contributed by atoms with Crippen LogP contribution in [-0.2, 0) is 20.6 Å². The lowest BCUT2D eigenvalue weighted by Crippen LogP contribution is -2.51. The Morgan fingerprint density at radius 3 is 2.46 bits per heavy atom. The van der Waals surface area contributed by atoms with Gasteiger partial charge in [-0.15, -0.1) is 10.2 Å². The molecule has 3 rings (SSSR count). The highest BCUT2D eigenvalue weighted by atomic mass is 32.2. The van der Waals surface area contributed by atoms with Crippen LogP contribution >= 0.6 is 11.8 Å². The van der Waals surface area contributed by atoms with Gasteiger partial charge in [-0.05, 0) is 19.4 Å². The summed E-state index contributed by atoms with van der Waals surface area (Å²) >= 11 is 1.36. The zero-order valence-corrected chi connectivity index (χ0v) is 17.7. The second kappa shape index (κ2) is 9.06. The van der Waals surface area contributed by atoms with Crippen LogP contribution in [0.1, 0.15) is 25.5 Å². The summed E-state index contributed by atoms with van der Waals surface area (Å²) in [6, 6.07) is 9.38. The van der Waals surface area contributed by atoms with E-state index < -0.39 is 10.0 Å². The first-order valence-electron chi connectivity index (χ1n) is 9.18. The molecular weight excluding hydrogens is 398 g/mol. The predicted molar refractivity (Wildman–Crippen MR) is 108 cm³/mol. The first-order chi connectivity index (χ1) is 13.4. The van der Waals surface area contributed by atoms with Gasteiger partial charge in [0.05, 0.1) is 11.5 Å². The maximum Gasteiger partial charge on any atom is 0.233 e. The van der Waals surface area contributed by atoms with Gasteiger partial charge in [0.2, 0.25) is 15.9 Å². The van der Waals surface area contributed by atoms with Gasteiger partial charge in [0.15, 0.2) is 5.16 Å². The van der Waals surface area contributed by atoms with Crippen LogP contribution in [-0.4, -0.2) is 70.2 Å². The number of carbonyl (C=O) groups is 1. The van der Waals surface area contributed by atoms with Crippen molar-refractivity contribution in [3.8, 4) is 0 Å². The summed E-state index contributed by atoms with van der Waals surface area (Å²) in [5, 5.41) is 8.67. The number of sulfonamides is 1. The molecule has 0 atom stereocenters. The molecule has 1 saturated heterocycles. The molecule has 0 unspecified atom stereocenters. The number of hydrogen-bond acceptors (Lipinski definition) is 6. The number of carbonyl (C=O) groups excluding carboxylic acids is 1. The molecule has 0 saturated carbocycles. The number of hydrogen-bond donors (Lipinski definition) is 0. The van der Waals surface area contributed by atoms with Crippen LogP contribution < -0.4 is 0 Å². The highest BCUT2D eigenvalue weighted by Crippen LogP contribution is 2.20. The third-order valence-electron chi connectivity index (χ3n) is 4.60. The monoisotopic (exact) mass is 423 g/mol. The van der Waals surface area contributed by atoms with Gasteiger partial charge < -0.3 is 9.47 Å². The van der Waals surface area contributed by atoms with E-state index in [1.54, 1.807) is 11.2 Å². The molecule has 1 fully saturated rings. The van der Waals surface area contributed by atoms with Crippen molar-refractivity contribution in [2.45, 2.75) is 30.8 Å². The van der Waals surface area contributed by atoms with Gasteiger partial charge >= 0.3 is 0 Å². The Morgan fingerprint density at radius 1 is 1.14 bits per heavy atom. The minimum Gasteiger partial charge on any atom is -0.339 e. The molecule has 2 aromatic rings. The molecule has 0 spiro atoms. The molecule has 1 amide bonds. The molecule has 28 heavy (non-hydrogen) atoms. The Hall–Kier alpha value is -1.91. The highest BCUT2D eigenvalue weighted by Gasteiger charge is 2.29. The van der Waals surface area contributed by atoms with E-state index >= 15 is 0 Å². The molecular formula is C18H25N5O3S2. The zero-order valence-electron chi connectivity index (χ0n) is 16.1. The Balaban J connectivity index is 1.50. The largest absolute Gasteiger partial charge is 0.339 e. The first-order valence-corrected chi connectivity index (χ1v) is 11.8. The van der Waals surface area contributed by atoms with Crippen molar-refractivity contribution in [1.29, 1.82) is 0 Å². The Kier molecular flexibility index (Phi) is 6.73. The Labute approximate surface area is 170 Å². The van der Waals surface area contributed by atoms with Gasteiger partial charge in [0, 0.05) is 32.2 Å². The molecule has 1 aliphatic heterocycles. The van der Waals surface area contributed by atoms with Gasteiger partial charge in [-0.1, -0.05) is 42.1 Å². The number of aromatic nitrogens is 3. The van der Waals surface area contributed by atoms with Crippen molar-refractivity contribution >= 4 is 27.7 Å². The lowest BCUT2D eigenvalue weighted by atomic mass is 10.2. The number of piperazine rings is 1. The minimum absolute atomic E-state index is 0.0107. The van der Waals surface area contributed by atoms with E-state index in [0.29, 0.717) is 31.3 Å². The molecule has 1 aromatic carbocycles. The summed E-state index contributed by atoms with van der Waals surface area (Å²) in [7, 11) is -3.38. The second-order valence-corrected chi connectivity index (χ2v) is 9.84. The van der Waals surface area contributed by atoms with Gasteiger partial charge in [-0.25, -0.2) is 8.42 Å². The summed E-state index contributed by atoms with van der Waals surface area (Å²) in [6.07, 6.45) is 1.66. The number of amides is 1. The van der Waals surface area contributed by atoms with Crippen LogP contribution in [0.4, 0.5) is 0 Å². The van der Waals surface area contributed by atoms with Crippen molar-refractivity contribution < 1.29 is 13.2 Å². The van der Waals surface area contributed by atoms with Crippen LogP contribution in [0.3, 0.4) is 0 Å². The number of thioether (sulfide) groups is 1. The zero-order chi connectivity index (χ0) is 20.1. The van der Waals surface area contributed by atoms with E-state index in [4.69, 9.17) is 0 Å².